The Labute approximate surface area is 524 Å². The third-order valence-corrected chi connectivity index (χ3v) is 19.6. The predicted octanol–water partition coefficient (Wildman–Crippen LogP) is 4.72. The summed E-state index contributed by atoms with van der Waals surface area (Å²) in [5.74, 6) is -7.13. The molecule has 6 N–H and O–H groups in total. The van der Waals surface area contributed by atoms with Crippen molar-refractivity contribution in [3.05, 3.63) is 142 Å². The molecule has 28 heteroatoms. The molecule has 3 aromatic carbocycles. The van der Waals surface area contributed by atoms with Crippen molar-refractivity contribution >= 4 is 75.2 Å². The number of aromatic nitrogens is 2. The summed E-state index contributed by atoms with van der Waals surface area (Å²) < 4.78 is 54.1. The van der Waals surface area contributed by atoms with Gasteiger partial charge < -0.3 is 68.4 Å². The molecule has 3 heterocycles. The van der Waals surface area contributed by atoms with Crippen LogP contribution in [0.2, 0.25) is 0 Å². The third-order valence-electron chi connectivity index (χ3n) is 17.3. The van der Waals surface area contributed by atoms with Crippen LogP contribution in [0.4, 0.5) is 15.4 Å². The van der Waals surface area contributed by atoms with E-state index in [0.717, 1.165) is 18.4 Å². The van der Waals surface area contributed by atoms with Crippen LogP contribution in [0.1, 0.15) is 99.4 Å². The van der Waals surface area contributed by atoms with Crippen LogP contribution < -0.4 is 16.3 Å². The highest BCUT2D eigenvalue weighted by Gasteiger charge is 2.78. The molecule has 14 atom stereocenters. The molecule has 4 aromatic rings. The largest absolute Gasteiger partial charge is 0.509 e. The molecule has 2 amide bonds. The zero-order valence-electron chi connectivity index (χ0n) is 49.9. The molecule has 482 valence electrons. The molecule has 3 aliphatic carbocycles. The Balaban J connectivity index is 0.972. The average Bonchev–Trinajstić information content (AvgIpc) is 0.680. The number of benzene rings is 3. The Morgan fingerprint density at radius 3 is 2.03 bits per heavy atom. The number of aliphatic hydroxyl groups is 4. The number of anilines is 1. The van der Waals surface area contributed by atoms with E-state index in [-0.39, 0.29) is 77.8 Å². The highest BCUT2D eigenvalue weighted by molar-refractivity contribution is 8.76. The number of aliphatic hydroxyl groups excluding tert-OH is 3. The summed E-state index contributed by atoms with van der Waals surface area (Å²) in [6.07, 6.45) is -15.0. The van der Waals surface area contributed by atoms with Crippen molar-refractivity contribution in [3.63, 3.8) is 0 Å². The zero-order chi connectivity index (χ0) is 64.9. The second kappa shape index (κ2) is 27.8. The second-order valence-corrected chi connectivity index (χ2v) is 25.8. The number of Topliss-reactive ketones (excluding diaryl/α,β-unsaturated/α-hetero) is 1. The van der Waals surface area contributed by atoms with Crippen molar-refractivity contribution < 1.29 is 101 Å². The SMILES string of the molecule is CC(=O)O[C@H]1C(=O)[C@@]2(C)[C@H](C(OC(=O)c3ccccc3)[C@]3(O)CC(OC(=O)[C@H](OC(=O)OCCSSCCOC(=O)Nc4ccn(C5CC(O)C(CO)O5)c(=O)n4)[C@@H](NC(=O)c4ccccc4)c4ccccc4)C(C)=C1C3(C)C)[C@]1(OC(C)=O)CO[C@@H]1C[C@@H]2O. The normalized spacial score (nSPS) is 28.7. The molecule has 2 saturated heterocycles. The summed E-state index contributed by atoms with van der Waals surface area (Å²) in [7, 11) is 2.46. The van der Waals surface area contributed by atoms with Crippen LogP contribution in [-0.2, 0) is 61.8 Å². The maximum Gasteiger partial charge on any atom is 0.509 e. The van der Waals surface area contributed by atoms with Crippen molar-refractivity contribution in [2.45, 2.75) is 133 Å². The first-order chi connectivity index (χ1) is 42.8. The first-order valence-corrected chi connectivity index (χ1v) is 31.4. The van der Waals surface area contributed by atoms with Crippen molar-refractivity contribution in [2.24, 2.45) is 16.7 Å². The first kappa shape index (κ1) is 66.7. The Bertz CT molecular complexity index is 3430. The van der Waals surface area contributed by atoms with Gasteiger partial charge in [-0.2, -0.15) is 4.98 Å². The van der Waals surface area contributed by atoms with Gasteiger partial charge in [0.25, 0.3) is 5.91 Å². The standard InChI is InChI=1S/C62H70N4O22S2/c1-33-40(30-62(79)52(87-54(74)38-20-14-9-15-21-38)50-60(6,42(71)29-43-61(50,32-82-43)88-35(3)69)51(72)48(83-34(2)68)46(33)59(62,4)5)85-55(75)49(47(36-16-10-7-11-17-36)65-53(73)37-18-12-8-13-19-37)86-58(78)81-25-27-90-89-26-24-80-57(77)64-44-22-23-66(56(76)63-44)45-28-39(70)41(31-67)84-45/h7-23,39-43,45,47-50,52,67,70-71,79H,24-32H2,1-6H3,(H,65,73)(H,63,64,76,77)/t39?,40?,41?,42-,43+,45?,47-,48+,49+,50-,52?,60+,61-,62+/m0/s1. The molecule has 0 radical (unpaired) electrons. The van der Waals surface area contributed by atoms with E-state index in [4.69, 9.17) is 42.6 Å². The number of hydrogen-bond acceptors (Lipinski definition) is 25. The van der Waals surface area contributed by atoms with E-state index in [2.05, 4.69) is 15.6 Å². The number of fused-ring (bicyclic) bond motifs is 5. The molecule has 90 heavy (non-hydrogen) atoms. The van der Waals surface area contributed by atoms with Gasteiger partial charge >= 0.3 is 41.8 Å². The number of ketones is 1. The fraction of sp³-hybridized carbons (Fsp3) is 0.484. The predicted molar refractivity (Wildman–Crippen MR) is 318 cm³/mol. The summed E-state index contributed by atoms with van der Waals surface area (Å²) >= 11 is 0. The number of carbonyl (C=O) groups is 8. The van der Waals surface area contributed by atoms with Crippen LogP contribution in [0.3, 0.4) is 0 Å². The van der Waals surface area contributed by atoms with E-state index in [1.54, 1.807) is 66.7 Å². The Hall–Kier alpha value is -7.70. The number of nitrogens with one attached hydrogen (secondary N) is 2. The van der Waals surface area contributed by atoms with Gasteiger partial charge in [0, 0.05) is 61.8 Å². The number of nitrogens with zero attached hydrogens (tertiary/aromatic N) is 2. The number of hydrogen-bond donors (Lipinski definition) is 6. The third kappa shape index (κ3) is 13.5. The monoisotopic (exact) mass is 1290 g/mol. The molecule has 2 bridgehead atoms. The topological polar surface area (TPSA) is 360 Å². The molecular weight excluding hydrogens is 1220 g/mol. The van der Waals surface area contributed by atoms with Crippen LogP contribution in [-0.4, -0.2) is 176 Å². The number of amides is 2. The van der Waals surface area contributed by atoms with E-state index < -0.39 is 156 Å². The average molecular weight is 1290 g/mol. The van der Waals surface area contributed by atoms with Gasteiger partial charge in [0.15, 0.2) is 17.5 Å². The number of ether oxygens (including phenoxy) is 9. The molecule has 9 rings (SSSR count). The van der Waals surface area contributed by atoms with Crippen molar-refractivity contribution in [1.82, 2.24) is 14.9 Å². The van der Waals surface area contributed by atoms with Gasteiger partial charge in [-0.1, -0.05) is 102 Å². The number of rotatable bonds is 21. The summed E-state index contributed by atoms with van der Waals surface area (Å²) in [6, 6.07) is 23.4. The quantitative estimate of drug-likeness (QED) is 0.0216. The Morgan fingerprint density at radius 2 is 1.44 bits per heavy atom. The second-order valence-electron chi connectivity index (χ2n) is 23.1. The van der Waals surface area contributed by atoms with E-state index in [1.165, 1.54) is 85.8 Å². The van der Waals surface area contributed by atoms with Gasteiger partial charge in [-0.3, -0.25) is 29.1 Å². The molecule has 5 unspecified atom stereocenters. The minimum absolute atomic E-state index is 0.00938. The van der Waals surface area contributed by atoms with Crippen molar-refractivity contribution in [2.75, 3.05) is 43.3 Å². The van der Waals surface area contributed by atoms with Gasteiger partial charge in [-0.05, 0) is 60.9 Å². The number of carbonyl (C=O) groups excluding carboxylic acids is 8. The lowest BCUT2D eigenvalue weighted by molar-refractivity contribution is -0.346. The fourth-order valence-corrected chi connectivity index (χ4v) is 14.4. The minimum Gasteiger partial charge on any atom is -0.455 e. The molecular formula is C62H70N4O22S2. The Kier molecular flexibility index (Phi) is 20.6. The molecule has 0 spiro atoms. The lowest BCUT2D eigenvalue weighted by Crippen LogP contribution is -2.82. The lowest BCUT2D eigenvalue weighted by Gasteiger charge is -2.67. The highest BCUT2D eigenvalue weighted by atomic mass is 33.1. The van der Waals surface area contributed by atoms with Crippen LogP contribution in [0.5, 0.6) is 0 Å². The summed E-state index contributed by atoms with van der Waals surface area (Å²) in [6.45, 7) is 6.83. The molecule has 1 aromatic heterocycles. The van der Waals surface area contributed by atoms with Crippen LogP contribution in [0.15, 0.2) is 119 Å². The van der Waals surface area contributed by atoms with Gasteiger partial charge in [-0.15, -0.1) is 0 Å². The smallest absolute Gasteiger partial charge is 0.455 e. The van der Waals surface area contributed by atoms with Gasteiger partial charge in [-0.25, -0.2) is 24.0 Å². The van der Waals surface area contributed by atoms with Gasteiger partial charge in [0.2, 0.25) is 6.10 Å². The lowest BCUT2D eigenvalue weighted by atomic mass is 9.44. The molecule has 4 fully saturated rings. The first-order valence-electron chi connectivity index (χ1n) is 28.9. The van der Waals surface area contributed by atoms with Crippen LogP contribution in [0, 0.1) is 16.7 Å². The zero-order valence-corrected chi connectivity index (χ0v) is 51.5. The van der Waals surface area contributed by atoms with E-state index >= 15 is 9.59 Å². The molecule has 5 aliphatic rings. The van der Waals surface area contributed by atoms with E-state index in [9.17, 15) is 54.0 Å². The van der Waals surface area contributed by atoms with Gasteiger partial charge in [0.05, 0.1) is 42.3 Å². The summed E-state index contributed by atoms with van der Waals surface area (Å²) in [4.78, 5) is 129. The number of esters is 4. The van der Waals surface area contributed by atoms with Crippen molar-refractivity contribution in [3.8, 4) is 0 Å². The molecule has 2 aliphatic heterocycles. The maximum absolute atomic E-state index is 15.8. The Morgan fingerprint density at radius 1 is 0.811 bits per heavy atom. The van der Waals surface area contributed by atoms with Crippen LogP contribution in [0.25, 0.3) is 0 Å². The summed E-state index contributed by atoms with van der Waals surface area (Å²) in [5, 5.41) is 50.9. The molecule has 2 saturated carbocycles. The van der Waals surface area contributed by atoms with E-state index in [1.807, 2.05) is 0 Å². The minimum atomic E-state index is -2.53. The van der Waals surface area contributed by atoms with Gasteiger partial charge in [0.1, 0.15) is 61.3 Å². The molecule has 26 nitrogen and oxygen atoms in total. The van der Waals surface area contributed by atoms with Crippen molar-refractivity contribution in [1.29, 1.82) is 0 Å². The van der Waals surface area contributed by atoms with Crippen LogP contribution >= 0.6 is 21.6 Å². The maximum atomic E-state index is 15.8. The van der Waals surface area contributed by atoms with E-state index in [0.29, 0.717) is 0 Å². The summed E-state index contributed by atoms with van der Waals surface area (Å²) in [5.41, 5.74) is -8.73. The fourth-order valence-electron chi connectivity index (χ4n) is 12.8. The highest BCUT2D eigenvalue weighted by Crippen LogP contribution is 2.64.